The summed E-state index contributed by atoms with van der Waals surface area (Å²) in [4.78, 5) is 0. The second-order valence-electron chi connectivity index (χ2n) is 6.97. The number of benzene rings is 3. The van der Waals surface area contributed by atoms with Gasteiger partial charge in [-0.1, -0.05) is 65.7 Å². The van der Waals surface area contributed by atoms with Crippen molar-refractivity contribution < 1.29 is 4.74 Å². The van der Waals surface area contributed by atoms with E-state index in [1.165, 1.54) is 5.56 Å². The van der Waals surface area contributed by atoms with Gasteiger partial charge in [0.15, 0.2) is 0 Å². The normalized spacial score (nSPS) is 12.0. The van der Waals surface area contributed by atoms with Crippen LogP contribution in [0.5, 0.6) is 5.75 Å². The number of rotatable bonds is 9. The van der Waals surface area contributed by atoms with Gasteiger partial charge < -0.3 is 10.1 Å². The molecular weight excluding hydrogens is 389 g/mol. The number of nitrogens with one attached hydrogen (secondary N) is 1. The van der Waals surface area contributed by atoms with Crippen LogP contribution in [0.15, 0.2) is 72.8 Å². The van der Waals surface area contributed by atoms with Crippen molar-refractivity contribution >= 4 is 23.2 Å². The van der Waals surface area contributed by atoms with Crippen molar-refractivity contribution in [1.29, 1.82) is 0 Å². The quantitative estimate of drug-likeness (QED) is 0.422. The number of hydrogen-bond donors (Lipinski definition) is 1. The molecule has 4 heteroatoms. The average Bonchev–Trinajstić information content (AvgIpc) is 2.72. The van der Waals surface area contributed by atoms with Crippen molar-refractivity contribution in [2.75, 3.05) is 0 Å². The first-order valence-corrected chi connectivity index (χ1v) is 10.3. The zero-order valence-corrected chi connectivity index (χ0v) is 17.5. The van der Waals surface area contributed by atoms with Crippen molar-refractivity contribution in [2.45, 2.75) is 39.0 Å². The van der Waals surface area contributed by atoms with Crippen molar-refractivity contribution in [1.82, 2.24) is 5.32 Å². The van der Waals surface area contributed by atoms with Gasteiger partial charge in [-0.15, -0.1) is 0 Å². The Balaban J connectivity index is 1.55. The van der Waals surface area contributed by atoms with Gasteiger partial charge in [-0.2, -0.15) is 0 Å². The molecule has 0 fully saturated rings. The summed E-state index contributed by atoms with van der Waals surface area (Å²) in [6, 6.07) is 24.4. The Kier molecular flexibility index (Phi) is 7.79. The van der Waals surface area contributed by atoms with E-state index in [0.29, 0.717) is 24.2 Å². The van der Waals surface area contributed by atoms with Crippen LogP contribution in [0.3, 0.4) is 0 Å². The molecule has 0 aromatic heterocycles. The molecule has 1 atom stereocenters. The number of aryl methyl sites for hydroxylation is 1. The largest absolute Gasteiger partial charge is 0.489 e. The summed E-state index contributed by atoms with van der Waals surface area (Å²) in [6.07, 6.45) is 2.13. The Morgan fingerprint density at radius 1 is 0.857 bits per heavy atom. The van der Waals surface area contributed by atoms with Crippen molar-refractivity contribution in [3.05, 3.63) is 99.5 Å². The summed E-state index contributed by atoms with van der Waals surface area (Å²) in [5.41, 5.74) is 3.51. The maximum Gasteiger partial charge on any atom is 0.124 e. The average molecular weight is 414 g/mol. The fourth-order valence-corrected chi connectivity index (χ4v) is 3.30. The monoisotopic (exact) mass is 413 g/mol. The van der Waals surface area contributed by atoms with Gasteiger partial charge in [-0.05, 0) is 61.2 Å². The predicted molar refractivity (Wildman–Crippen MR) is 118 cm³/mol. The van der Waals surface area contributed by atoms with Gasteiger partial charge in [-0.3, -0.25) is 0 Å². The summed E-state index contributed by atoms with van der Waals surface area (Å²) in [6.45, 7) is 3.42. The molecule has 0 aliphatic rings. The summed E-state index contributed by atoms with van der Waals surface area (Å²) in [5.74, 6) is 0.849. The molecule has 0 bridgehead atoms. The fraction of sp³-hybridized carbons (Fsp3) is 0.250. The van der Waals surface area contributed by atoms with E-state index in [9.17, 15) is 0 Å². The first-order valence-electron chi connectivity index (χ1n) is 9.53. The van der Waals surface area contributed by atoms with Crippen LogP contribution in [-0.2, 0) is 19.6 Å². The second kappa shape index (κ2) is 10.5. The van der Waals surface area contributed by atoms with Gasteiger partial charge in [0.2, 0.25) is 0 Å². The lowest BCUT2D eigenvalue weighted by Crippen LogP contribution is -2.26. The molecule has 0 unspecified atom stereocenters. The highest BCUT2D eigenvalue weighted by Gasteiger charge is 2.08. The van der Waals surface area contributed by atoms with Gasteiger partial charge in [0.1, 0.15) is 12.4 Å². The molecule has 1 N–H and O–H groups in total. The maximum absolute atomic E-state index is 6.21. The van der Waals surface area contributed by atoms with Crippen molar-refractivity contribution in [3.8, 4) is 5.75 Å². The smallest absolute Gasteiger partial charge is 0.124 e. The summed E-state index contributed by atoms with van der Waals surface area (Å²) >= 11 is 12.2. The predicted octanol–water partition coefficient (Wildman–Crippen LogP) is 6.68. The van der Waals surface area contributed by atoms with Crippen molar-refractivity contribution in [2.24, 2.45) is 0 Å². The molecule has 3 rings (SSSR count). The third kappa shape index (κ3) is 6.56. The Hall–Kier alpha value is -2.00. The van der Waals surface area contributed by atoms with Crippen LogP contribution in [0.2, 0.25) is 10.0 Å². The molecule has 3 aromatic rings. The summed E-state index contributed by atoms with van der Waals surface area (Å²) in [7, 11) is 0. The Bertz CT molecular complexity index is 866. The van der Waals surface area contributed by atoms with Gasteiger partial charge in [0, 0.05) is 28.2 Å². The highest BCUT2D eigenvalue weighted by atomic mass is 35.5. The molecular formula is C24H25Cl2NO. The standard InChI is InChI=1S/C24H25Cl2NO/c1-18(7-8-19-5-3-2-4-6-19)27-16-21-15-23(26)13-14-24(21)28-17-20-9-11-22(25)12-10-20/h2-6,9-15,18,27H,7-8,16-17H2,1H3/t18-/m1/s1. The van der Waals surface area contributed by atoms with Crippen LogP contribution < -0.4 is 10.1 Å². The summed E-state index contributed by atoms with van der Waals surface area (Å²) < 4.78 is 6.04. The van der Waals surface area contributed by atoms with Crippen LogP contribution in [0.4, 0.5) is 0 Å². The summed E-state index contributed by atoms with van der Waals surface area (Å²) in [5, 5.41) is 5.03. The van der Waals surface area contributed by atoms with E-state index < -0.39 is 0 Å². The van der Waals surface area contributed by atoms with E-state index in [1.54, 1.807) is 0 Å². The van der Waals surface area contributed by atoms with Crippen LogP contribution in [-0.4, -0.2) is 6.04 Å². The molecule has 146 valence electrons. The zero-order valence-electron chi connectivity index (χ0n) is 16.0. The number of halogens is 2. The van der Waals surface area contributed by atoms with Crippen LogP contribution in [0.1, 0.15) is 30.0 Å². The lowest BCUT2D eigenvalue weighted by molar-refractivity contribution is 0.301. The van der Waals surface area contributed by atoms with E-state index in [2.05, 4.69) is 42.6 Å². The van der Waals surface area contributed by atoms with Gasteiger partial charge in [0.25, 0.3) is 0 Å². The van der Waals surface area contributed by atoms with E-state index in [1.807, 2.05) is 42.5 Å². The molecule has 2 nitrogen and oxygen atoms in total. The zero-order chi connectivity index (χ0) is 19.8. The lowest BCUT2D eigenvalue weighted by Gasteiger charge is -2.17. The topological polar surface area (TPSA) is 21.3 Å². The second-order valence-corrected chi connectivity index (χ2v) is 7.85. The van der Waals surface area contributed by atoms with Crippen LogP contribution in [0.25, 0.3) is 0 Å². The molecule has 0 saturated carbocycles. The first kappa shape index (κ1) is 20.7. The molecule has 3 aromatic carbocycles. The molecule has 0 radical (unpaired) electrons. The number of ether oxygens (including phenoxy) is 1. The third-order valence-electron chi connectivity index (χ3n) is 4.68. The Morgan fingerprint density at radius 2 is 1.57 bits per heavy atom. The minimum Gasteiger partial charge on any atom is -0.489 e. The van der Waals surface area contributed by atoms with E-state index in [4.69, 9.17) is 27.9 Å². The Labute approximate surface area is 177 Å². The highest BCUT2D eigenvalue weighted by Crippen LogP contribution is 2.24. The molecule has 0 saturated heterocycles. The maximum atomic E-state index is 6.21. The fourth-order valence-electron chi connectivity index (χ4n) is 2.98. The molecule has 28 heavy (non-hydrogen) atoms. The van der Waals surface area contributed by atoms with E-state index >= 15 is 0 Å². The lowest BCUT2D eigenvalue weighted by atomic mass is 10.1. The molecule has 0 amide bonds. The SMILES string of the molecule is C[C@H](CCc1ccccc1)NCc1cc(Cl)ccc1OCc1ccc(Cl)cc1. The van der Waals surface area contributed by atoms with Crippen LogP contribution in [0, 0.1) is 0 Å². The molecule has 0 heterocycles. The molecule has 0 aliphatic heterocycles. The molecule has 0 aliphatic carbocycles. The third-order valence-corrected chi connectivity index (χ3v) is 5.17. The van der Waals surface area contributed by atoms with Gasteiger partial charge in [-0.25, -0.2) is 0 Å². The minimum absolute atomic E-state index is 0.392. The van der Waals surface area contributed by atoms with Gasteiger partial charge in [0.05, 0.1) is 0 Å². The van der Waals surface area contributed by atoms with Crippen molar-refractivity contribution in [3.63, 3.8) is 0 Å². The van der Waals surface area contributed by atoms with Crippen LogP contribution >= 0.6 is 23.2 Å². The molecule has 0 spiro atoms. The van der Waals surface area contributed by atoms with E-state index in [-0.39, 0.29) is 0 Å². The van der Waals surface area contributed by atoms with E-state index in [0.717, 1.165) is 34.7 Å². The van der Waals surface area contributed by atoms with Gasteiger partial charge >= 0.3 is 0 Å². The number of hydrogen-bond acceptors (Lipinski definition) is 2. The first-order chi connectivity index (χ1) is 13.6. The minimum atomic E-state index is 0.392. The highest BCUT2D eigenvalue weighted by molar-refractivity contribution is 6.30. The Morgan fingerprint density at radius 3 is 2.32 bits per heavy atom.